The van der Waals surface area contributed by atoms with Crippen LogP contribution in [0.1, 0.15) is 50.0 Å². The van der Waals surface area contributed by atoms with Gasteiger partial charge in [-0.1, -0.05) is 26.7 Å². The van der Waals surface area contributed by atoms with E-state index in [1.807, 2.05) is 16.8 Å². The zero-order chi connectivity index (χ0) is 16.2. The molecule has 23 heavy (non-hydrogen) atoms. The first kappa shape index (κ1) is 15.7. The second-order valence-corrected chi connectivity index (χ2v) is 6.71. The third-order valence-corrected chi connectivity index (χ3v) is 4.77. The van der Waals surface area contributed by atoms with Gasteiger partial charge in [0.15, 0.2) is 0 Å². The van der Waals surface area contributed by atoms with Crippen LogP contribution in [-0.2, 0) is 0 Å². The summed E-state index contributed by atoms with van der Waals surface area (Å²) in [4.78, 5) is 20.8. The molecule has 0 spiro atoms. The fourth-order valence-corrected chi connectivity index (χ4v) is 3.34. The van der Waals surface area contributed by atoms with Gasteiger partial charge in [-0.2, -0.15) is 0 Å². The Hall–Kier alpha value is -2.17. The summed E-state index contributed by atoms with van der Waals surface area (Å²) in [5.41, 5.74) is 1.36. The van der Waals surface area contributed by atoms with Gasteiger partial charge in [0.2, 0.25) is 0 Å². The SMILES string of the molecule is CC(C)C1CCCC(NC(=O)c2cc(-n3ccnc3)ccn2)C1. The van der Waals surface area contributed by atoms with Crippen molar-refractivity contribution >= 4 is 5.91 Å². The largest absolute Gasteiger partial charge is 0.348 e. The molecule has 2 atom stereocenters. The molecular weight excluding hydrogens is 288 g/mol. The van der Waals surface area contributed by atoms with Gasteiger partial charge < -0.3 is 9.88 Å². The molecule has 2 heterocycles. The molecule has 5 nitrogen and oxygen atoms in total. The molecule has 0 aromatic carbocycles. The fourth-order valence-electron chi connectivity index (χ4n) is 3.34. The first-order chi connectivity index (χ1) is 11.1. The predicted molar refractivity (Wildman–Crippen MR) is 89.4 cm³/mol. The average molecular weight is 312 g/mol. The Morgan fingerprint density at radius 3 is 2.96 bits per heavy atom. The zero-order valence-electron chi connectivity index (χ0n) is 13.8. The fraction of sp³-hybridized carbons (Fsp3) is 0.500. The second-order valence-electron chi connectivity index (χ2n) is 6.71. The maximum Gasteiger partial charge on any atom is 0.270 e. The van der Waals surface area contributed by atoms with Gasteiger partial charge >= 0.3 is 0 Å². The van der Waals surface area contributed by atoms with Crippen LogP contribution in [0.15, 0.2) is 37.1 Å². The number of nitrogens with zero attached hydrogens (tertiary/aromatic N) is 3. The van der Waals surface area contributed by atoms with Crippen molar-refractivity contribution in [2.24, 2.45) is 11.8 Å². The minimum Gasteiger partial charge on any atom is -0.348 e. The van der Waals surface area contributed by atoms with Crippen molar-refractivity contribution in [1.29, 1.82) is 0 Å². The van der Waals surface area contributed by atoms with Gasteiger partial charge in [-0.15, -0.1) is 0 Å². The van der Waals surface area contributed by atoms with Gasteiger partial charge in [-0.05, 0) is 36.8 Å². The molecule has 2 unspecified atom stereocenters. The quantitative estimate of drug-likeness (QED) is 0.943. The minimum atomic E-state index is -0.0821. The summed E-state index contributed by atoms with van der Waals surface area (Å²) in [5, 5.41) is 3.17. The zero-order valence-corrected chi connectivity index (χ0v) is 13.8. The number of amides is 1. The summed E-state index contributed by atoms with van der Waals surface area (Å²) >= 11 is 0. The van der Waals surface area contributed by atoms with Crippen LogP contribution in [-0.4, -0.2) is 26.5 Å². The summed E-state index contributed by atoms with van der Waals surface area (Å²) in [7, 11) is 0. The number of carbonyl (C=O) groups excluding carboxylic acids is 1. The lowest BCUT2D eigenvalue weighted by Gasteiger charge is -2.32. The molecule has 122 valence electrons. The van der Waals surface area contributed by atoms with E-state index in [4.69, 9.17) is 0 Å². The predicted octanol–water partition coefficient (Wildman–Crippen LogP) is 3.21. The molecule has 1 saturated carbocycles. The van der Waals surface area contributed by atoms with Crippen LogP contribution in [0.5, 0.6) is 0 Å². The van der Waals surface area contributed by atoms with Gasteiger partial charge in [0.25, 0.3) is 5.91 Å². The Kier molecular flexibility index (Phi) is 4.74. The van der Waals surface area contributed by atoms with Gasteiger partial charge in [-0.3, -0.25) is 9.78 Å². The van der Waals surface area contributed by atoms with Crippen molar-refractivity contribution in [3.05, 3.63) is 42.7 Å². The Bertz CT molecular complexity index is 651. The number of hydrogen-bond acceptors (Lipinski definition) is 3. The summed E-state index contributed by atoms with van der Waals surface area (Å²) in [6, 6.07) is 3.94. The van der Waals surface area contributed by atoms with E-state index in [-0.39, 0.29) is 11.9 Å². The van der Waals surface area contributed by atoms with Crippen LogP contribution in [0, 0.1) is 11.8 Å². The molecule has 0 radical (unpaired) electrons. The molecule has 3 rings (SSSR count). The highest BCUT2D eigenvalue weighted by molar-refractivity contribution is 5.92. The maximum atomic E-state index is 12.5. The molecule has 2 aromatic heterocycles. The Morgan fingerprint density at radius 2 is 2.22 bits per heavy atom. The molecular formula is C18H24N4O. The van der Waals surface area contributed by atoms with Gasteiger partial charge in [-0.25, -0.2) is 4.98 Å². The van der Waals surface area contributed by atoms with Gasteiger partial charge in [0.1, 0.15) is 5.69 Å². The molecule has 1 N–H and O–H groups in total. The number of nitrogens with one attached hydrogen (secondary N) is 1. The molecule has 1 aliphatic carbocycles. The molecule has 0 saturated heterocycles. The third kappa shape index (κ3) is 3.78. The van der Waals surface area contributed by atoms with Crippen LogP contribution >= 0.6 is 0 Å². The standard InChI is InChI=1S/C18H24N4O/c1-13(2)14-4-3-5-15(10-14)21-18(23)17-11-16(6-7-20-17)22-9-8-19-12-22/h6-9,11-15H,3-5,10H2,1-2H3,(H,21,23). The van der Waals surface area contributed by atoms with Crippen LogP contribution in [0.3, 0.4) is 0 Å². The normalized spacial score (nSPS) is 21.3. The molecule has 5 heteroatoms. The monoisotopic (exact) mass is 312 g/mol. The molecule has 2 aromatic rings. The lowest BCUT2D eigenvalue weighted by molar-refractivity contribution is 0.0908. The van der Waals surface area contributed by atoms with E-state index in [9.17, 15) is 4.79 Å². The number of imidazole rings is 1. The van der Waals surface area contributed by atoms with Gasteiger partial charge in [0.05, 0.1) is 12.0 Å². The van der Waals surface area contributed by atoms with Crippen LogP contribution in [0.2, 0.25) is 0 Å². The maximum absolute atomic E-state index is 12.5. The Morgan fingerprint density at radius 1 is 1.35 bits per heavy atom. The van der Waals surface area contributed by atoms with E-state index in [0.717, 1.165) is 18.5 Å². The smallest absolute Gasteiger partial charge is 0.270 e. The van der Waals surface area contributed by atoms with E-state index >= 15 is 0 Å². The summed E-state index contributed by atoms with van der Waals surface area (Å²) in [6.07, 6.45) is 11.6. The number of carbonyl (C=O) groups is 1. The number of aromatic nitrogens is 3. The van der Waals surface area contributed by atoms with E-state index in [1.165, 1.54) is 12.8 Å². The van der Waals surface area contributed by atoms with E-state index in [1.54, 1.807) is 24.8 Å². The first-order valence-electron chi connectivity index (χ1n) is 8.38. The number of hydrogen-bond donors (Lipinski definition) is 1. The second kappa shape index (κ2) is 6.94. The topological polar surface area (TPSA) is 59.8 Å². The van der Waals surface area contributed by atoms with Gasteiger partial charge in [0, 0.05) is 24.6 Å². The summed E-state index contributed by atoms with van der Waals surface area (Å²) < 4.78 is 1.87. The van der Waals surface area contributed by atoms with Crippen molar-refractivity contribution in [2.45, 2.75) is 45.6 Å². The van der Waals surface area contributed by atoms with Crippen molar-refractivity contribution in [2.75, 3.05) is 0 Å². The lowest BCUT2D eigenvalue weighted by atomic mass is 9.79. The molecule has 1 amide bonds. The summed E-state index contributed by atoms with van der Waals surface area (Å²) in [6.45, 7) is 4.54. The van der Waals surface area contributed by atoms with Crippen LogP contribution in [0.4, 0.5) is 0 Å². The highest BCUT2D eigenvalue weighted by Crippen LogP contribution is 2.30. The van der Waals surface area contributed by atoms with Crippen molar-refractivity contribution in [3.63, 3.8) is 0 Å². The molecule has 0 bridgehead atoms. The molecule has 0 aliphatic heterocycles. The Labute approximate surface area is 137 Å². The Balaban J connectivity index is 1.68. The van der Waals surface area contributed by atoms with Crippen molar-refractivity contribution < 1.29 is 4.79 Å². The molecule has 1 aliphatic rings. The van der Waals surface area contributed by atoms with Crippen LogP contribution < -0.4 is 5.32 Å². The first-order valence-corrected chi connectivity index (χ1v) is 8.38. The minimum absolute atomic E-state index is 0.0821. The highest BCUT2D eigenvalue weighted by atomic mass is 16.1. The van der Waals surface area contributed by atoms with Crippen molar-refractivity contribution in [3.8, 4) is 5.69 Å². The van der Waals surface area contributed by atoms with E-state index < -0.39 is 0 Å². The third-order valence-electron chi connectivity index (χ3n) is 4.77. The summed E-state index contributed by atoms with van der Waals surface area (Å²) in [5.74, 6) is 1.30. The number of rotatable bonds is 4. The highest BCUT2D eigenvalue weighted by Gasteiger charge is 2.25. The van der Waals surface area contributed by atoms with E-state index in [0.29, 0.717) is 17.5 Å². The van der Waals surface area contributed by atoms with E-state index in [2.05, 4.69) is 29.1 Å². The number of pyridine rings is 1. The average Bonchev–Trinajstić information content (AvgIpc) is 3.10. The van der Waals surface area contributed by atoms with Crippen molar-refractivity contribution in [1.82, 2.24) is 19.9 Å². The lowest BCUT2D eigenvalue weighted by Crippen LogP contribution is -2.39. The van der Waals surface area contributed by atoms with Crippen LogP contribution in [0.25, 0.3) is 5.69 Å². The molecule has 1 fully saturated rings.